The molecule has 0 spiro atoms. The van der Waals surface area contributed by atoms with E-state index in [0.717, 1.165) is 12.8 Å². The topological polar surface area (TPSA) is 37.3 Å². The molecule has 0 aromatic rings. The quantitative estimate of drug-likeness (QED) is 0.190. The van der Waals surface area contributed by atoms with E-state index < -0.39 is 5.97 Å². The zero-order valence-corrected chi connectivity index (χ0v) is 18.8. The van der Waals surface area contributed by atoms with Gasteiger partial charge >= 0.3 is 5.97 Å². The average Bonchev–Trinajstić information content (AvgIpc) is 2.64. The molecule has 0 aliphatic rings. The van der Waals surface area contributed by atoms with Crippen molar-refractivity contribution in [2.24, 2.45) is 5.92 Å². The molecule has 0 saturated heterocycles. The van der Waals surface area contributed by atoms with Crippen molar-refractivity contribution < 1.29 is 9.90 Å². The van der Waals surface area contributed by atoms with Crippen LogP contribution in [0.3, 0.4) is 0 Å². The molecule has 27 heavy (non-hydrogen) atoms. The van der Waals surface area contributed by atoms with Gasteiger partial charge < -0.3 is 5.11 Å². The molecule has 0 heterocycles. The number of carbonyl (C=O) groups is 1. The van der Waals surface area contributed by atoms with Crippen molar-refractivity contribution in [1.82, 2.24) is 0 Å². The third-order valence-corrected chi connectivity index (χ3v) is 5.90. The molecule has 0 radical (unpaired) electrons. The van der Waals surface area contributed by atoms with Crippen LogP contribution in [0, 0.1) is 5.92 Å². The highest BCUT2D eigenvalue weighted by Gasteiger charge is 2.12. The monoisotopic (exact) mass is 382 g/mol. The summed E-state index contributed by atoms with van der Waals surface area (Å²) in [6, 6.07) is 0. The SMILES string of the molecule is CCCCCCCCCCCCC(CCCCCCCCCC)CC(=O)O. The fraction of sp³-hybridized carbons (Fsp3) is 0.960. The van der Waals surface area contributed by atoms with Crippen molar-refractivity contribution in [2.75, 3.05) is 0 Å². The van der Waals surface area contributed by atoms with Gasteiger partial charge in [-0.1, -0.05) is 129 Å². The fourth-order valence-corrected chi connectivity index (χ4v) is 4.08. The molecule has 0 rings (SSSR count). The second-order valence-corrected chi connectivity index (χ2v) is 8.70. The highest BCUT2D eigenvalue weighted by Crippen LogP contribution is 2.22. The zero-order valence-electron chi connectivity index (χ0n) is 18.8. The first kappa shape index (κ1) is 26.5. The van der Waals surface area contributed by atoms with Crippen LogP contribution in [0.1, 0.15) is 149 Å². The normalized spacial score (nSPS) is 12.4. The van der Waals surface area contributed by atoms with E-state index in [9.17, 15) is 4.79 Å². The summed E-state index contributed by atoms with van der Waals surface area (Å²) in [5.41, 5.74) is 0. The summed E-state index contributed by atoms with van der Waals surface area (Å²) in [5.74, 6) is -0.191. The first-order chi connectivity index (χ1) is 13.2. The lowest BCUT2D eigenvalue weighted by atomic mass is 9.91. The maximum absolute atomic E-state index is 11.1. The number of rotatable bonds is 22. The van der Waals surface area contributed by atoms with Crippen LogP contribution in [0.15, 0.2) is 0 Å². The van der Waals surface area contributed by atoms with E-state index in [-0.39, 0.29) is 0 Å². The Morgan fingerprint density at radius 1 is 0.556 bits per heavy atom. The predicted octanol–water partition coefficient (Wildman–Crippen LogP) is 8.92. The second kappa shape index (κ2) is 21.8. The molecule has 0 fully saturated rings. The maximum Gasteiger partial charge on any atom is 0.303 e. The maximum atomic E-state index is 11.1. The summed E-state index contributed by atoms with van der Waals surface area (Å²) in [5, 5.41) is 9.17. The molecule has 2 nitrogen and oxygen atoms in total. The molecular weight excluding hydrogens is 332 g/mol. The molecule has 0 aromatic heterocycles. The predicted molar refractivity (Wildman–Crippen MR) is 119 cm³/mol. The smallest absolute Gasteiger partial charge is 0.303 e. The highest BCUT2D eigenvalue weighted by molar-refractivity contribution is 5.66. The van der Waals surface area contributed by atoms with Gasteiger partial charge in [0.2, 0.25) is 0 Å². The van der Waals surface area contributed by atoms with Crippen LogP contribution in [-0.4, -0.2) is 11.1 Å². The summed E-state index contributed by atoms with van der Waals surface area (Å²) in [6.45, 7) is 4.53. The Kier molecular flexibility index (Phi) is 21.3. The van der Waals surface area contributed by atoms with Crippen LogP contribution >= 0.6 is 0 Å². The second-order valence-electron chi connectivity index (χ2n) is 8.70. The molecule has 0 aliphatic carbocycles. The number of hydrogen-bond donors (Lipinski definition) is 1. The minimum absolute atomic E-state index is 0.383. The van der Waals surface area contributed by atoms with Gasteiger partial charge in [-0.3, -0.25) is 4.79 Å². The lowest BCUT2D eigenvalue weighted by molar-refractivity contribution is -0.138. The van der Waals surface area contributed by atoms with E-state index in [2.05, 4.69) is 13.8 Å². The Morgan fingerprint density at radius 3 is 1.15 bits per heavy atom. The molecule has 2 heteroatoms. The molecule has 162 valence electrons. The molecule has 0 aliphatic heterocycles. The number of carboxylic acid groups (broad SMARTS) is 1. The third kappa shape index (κ3) is 21.6. The van der Waals surface area contributed by atoms with Crippen LogP contribution < -0.4 is 0 Å². The largest absolute Gasteiger partial charge is 0.481 e. The molecule has 0 amide bonds. The molecule has 0 bridgehead atoms. The van der Waals surface area contributed by atoms with Crippen LogP contribution in [0.4, 0.5) is 0 Å². The summed E-state index contributed by atoms with van der Waals surface area (Å²) >= 11 is 0. The molecule has 0 saturated carbocycles. The molecular formula is C25H50O2. The van der Waals surface area contributed by atoms with Gasteiger partial charge in [0.15, 0.2) is 0 Å². The van der Waals surface area contributed by atoms with E-state index in [4.69, 9.17) is 5.11 Å². The zero-order chi connectivity index (χ0) is 20.0. The first-order valence-electron chi connectivity index (χ1n) is 12.4. The van der Waals surface area contributed by atoms with Gasteiger partial charge in [-0.05, 0) is 18.8 Å². The molecule has 1 N–H and O–H groups in total. The van der Waals surface area contributed by atoms with Crippen molar-refractivity contribution in [3.63, 3.8) is 0 Å². The number of carboxylic acids is 1. The fourth-order valence-electron chi connectivity index (χ4n) is 4.08. The van der Waals surface area contributed by atoms with E-state index in [1.54, 1.807) is 0 Å². The van der Waals surface area contributed by atoms with Crippen molar-refractivity contribution in [1.29, 1.82) is 0 Å². The Hall–Kier alpha value is -0.530. The van der Waals surface area contributed by atoms with Crippen LogP contribution in [-0.2, 0) is 4.79 Å². The summed E-state index contributed by atoms with van der Waals surface area (Å²) in [6.07, 6.45) is 26.9. The average molecular weight is 383 g/mol. The standard InChI is InChI=1S/C25H50O2/c1-3-5-7-9-11-13-14-16-18-20-22-24(23-25(26)27)21-19-17-15-12-10-8-6-4-2/h24H,3-23H2,1-2H3,(H,26,27). The van der Waals surface area contributed by atoms with Crippen molar-refractivity contribution in [2.45, 2.75) is 149 Å². The molecule has 0 aromatic carbocycles. The van der Waals surface area contributed by atoms with E-state index in [1.165, 1.54) is 116 Å². The Balaban J connectivity index is 3.57. The summed E-state index contributed by atoms with van der Waals surface area (Å²) in [4.78, 5) is 11.1. The minimum atomic E-state index is -0.605. The first-order valence-corrected chi connectivity index (χ1v) is 12.4. The summed E-state index contributed by atoms with van der Waals surface area (Å²) in [7, 11) is 0. The lowest BCUT2D eigenvalue weighted by Crippen LogP contribution is -2.08. The summed E-state index contributed by atoms with van der Waals surface area (Å²) < 4.78 is 0. The van der Waals surface area contributed by atoms with Crippen molar-refractivity contribution in [3.05, 3.63) is 0 Å². The third-order valence-electron chi connectivity index (χ3n) is 5.90. The van der Waals surface area contributed by atoms with Crippen LogP contribution in [0.5, 0.6) is 0 Å². The van der Waals surface area contributed by atoms with Crippen molar-refractivity contribution >= 4 is 5.97 Å². The van der Waals surface area contributed by atoms with Crippen molar-refractivity contribution in [3.8, 4) is 0 Å². The van der Waals surface area contributed by atoms with Gasteiger partial charge in [0.05, 0.1) is 0 Å². The van der Waals surface area contributed by atoms with E-state index in [1.807, 2.05) is 0 Å². The van der Waals surface area contributed by atoms with E-state index >= 15 is 0 Å². The van der Waals surface area contributed by atoms with Crippen LogP contribution in [0.25, 0.3) is 0 Å². The lowest BCUT2D eigenvalue weighted by Gasteiger charge is -2.14. The van der Waals surface area contributed by atoms with Gasteiger partial charge in [0.25, 0.3) is 0 Å². The molecule has 1 atom stereocenters. The van der Waals surface area contributed by atoms with Crippen LogP contribution in [0.2, 0.25) is 0 Å². The molecule has 1 unspecified atom stereocenters. The van der Waals surface area contributed by atoms with Gasteiger partial charge in [0, 0.05) is 6.42 Å². The highest BCUT2D eigenvalue weighted by atomic mass is 16.4. The number of aliphatic carboxylic acids is 1. The Labute approximate surface area is 170 Å². The Bertz CT molecular complexity index is 301. The number of hydrogen-bond acceptors (Lipinski definition) is 1. The Morgan fingerprint density at radius 2 is 0.852 bits per heavy atom. The van der Waals surface area contributed by atoms with Gasteiger partial charge in [-0.2, -0.15) is 0 Å². The number of unbranched alkanes of at least 4 members (excludes halogenated alkanes) is 16. The minimum Gasteiger partial charge on any atom is -0.481 e. The van der Waals surface area contributed by atoms with Gasteiger partial charge in [-0.25, -0.2) is 0 Å². The van der Waals surface area contributed by atoms with Gasteiger partial charge in [-0.15, -0.1) is 0 Å². The van der Waals surface area contributed by atoms with Gasteiger partial charge in [0.1, 0.15) is 0 Å². The van der Waals surface area contributed by atoms with E-state index in [0.29, 0.717) is 12.3 Å².